The van der Waals surface area contributed by atoms with E-state index in [1.807, 2.05) is 0 Å². The van der Waals surface area contributed by atoms with Crippen LogP contribution in [0.3, 0.4) is 0 Å². The number of rotatable bonds is 60. The fourth-order valence-corrected chi connectivity index (χ4v) is 10.0. The van der Waals surface area contributed by atoms with Gasteiger partial charge in [0.1, 0.15) is 0 Å². The fourth-order valence-electron chi connectivity index (χ4n) is 10.0. The highest BCUT2D eigenvalue weighted by molar-refractivity contribution is 5.76. The minimum atomic E-state index is -0.660. The number of aliphatic hydroxyl groups is 2. The molecule has 0 rings (SSSR count). The molecule has 0 bridgehead atoms. The molecule has 0 aromatic heterocycles. The zero-order chi connectivity index (χ0) is 51.4. The van der Waals surface area contributed by atoms with Crippen LogP contribution >= 0.6 is 0 Å². The lowest BCUT2D eigenvalue weighted by atomic mass is 10.0. The first kappa shape index (κ1) is 69.3. The van der Waals surface area contributed by atoms with Crippen molar-refractivity contribution in [1.29, 1.82) is 0 Å². The third kappa shape index (κ3) is 57.5. The number of amides is 1. The number of allylic oxidation sites excluding steroid dienone is 4. The highest BCUT2D eigenvalue weighted by Gasteiger charge is 2.20. The topological polar surface area (TPSA) is 95.9 Å². The average molecular weight is 1000 g/mol. The van der Waals surface area contributed by atoms with Gasteiger partial charge in [-0.15, -0.1) is 0 Å². The van der Waals surface area contributed by atoms with Crippen molar-refractivity contribution < 1.29 is 24.5 Å². The maximum absolute atomic E-state index is 12.4. The van der Waals surface area contributed by atoms with E-state index in [9.17, 15) is 19.8 Å². The summed E-state index contributed by atoms with van der Waals surface area (Å²) in [5.41, 5.74) is 0. The molecular weight excluding hydrogens is 875 g/mol. The molecule has 3 N–H and O–H groups in total. The zero-order valence-corrected chi connectivity index (χ0v) is 48.0. The van der Waals surface area contributed by atoms with Crippen molar-refractivity contribution in [2.45, 2.75) is 366 Å². The maximum atomic E-state index is 12.4. The Morgan fingerprint density at radius 2 is 0.676 bits per heavy atom. The minimum Gasteiger partial charge on any atom is -0.466 e. The number of aliphatic hydroxyl groups excluding tert-OH is 2. The van der Waals surface area contributed by atoms with E-state index in [1.165, 1.54) is 276 Å². The standard InChI is InChI=1S/C65H125NO5/c1-3-5-7-9-11-13-37-41-45-49-53-57-63(68)62(61-67)66-64(69)58-54-50-46-42-39-35-33-31-29-27-25-23-21-19-17-15-16-18-20-22-24-26-28-30-32-34-36-40-44-48-52-56-60-71-65(70)59-55-51-47-43-38-14-12-10-8-6-4-2/h10,12,18,20,62-63,67-68H,3-9,11,13-17,19,21-61H2,1-2H3,(H,66,69)/b12-10-,20-18-. The molecular formula is C65H125NO5. The van der Waals surface area contributed by atoms with Crippen LogP contribution < -0.4 is 5.32 Å². The second kappa shape index (κ2) is 60.9. The van der Waals surface area contributed by atoms with Crippen LogP contribution in [0.4, 0.5) is 0 Å². The Bertz CT molecular complexity index is 1110. The Balaban J connectivity index is 3.33. The molecule has 0 saturated heterocycles. The molecule has 0 aliphatic rings. The summed E-state index contributed by atoms with van der Waals surface area (Å²) in [7, 11) is 0. The molecule has 0 heterocycles. The van der Waals surface area contributed by atoms with Crippen LogP contribution in [-0.2, 0) is 14.3 Å². The summed E-state index contributed by atoms with van der Waals surface area (Å²) in [6, 6.07) is -0.537. The highest BCUT2D eigenvalue weighted by atomic mass is 16.5. The molecule has 1 amide bonds. The van der Waals surface area contributed by atoms with Crippen LogP contribution in [-0.4, -0.2) is 47.4 Å². The van der Waals surface area contributed by atoms with Crippen molar-refractivity contribution in [1.82, 2.24) is 5.32 Å². The van der Waals surface area contributed by atoms with E-state index in [4.69, 9.17) is 4.74 Å². The molecule has 2 atom stereocenters. The molecule has 0 spiro atoms. The maximum Gasteiger partial charge on any atom is 0.305 e. The summed E-state index contributed by atoms with van der Waals surface area (Å²) >= 11 is 0. The van der Waals surface area contributed by atoms with Gasteiger partial charge in [-0.2, -0.15) is 0 Å². The predicted molar refractivity (Wildman–Crippen MR) is 310 cm³/mol. The van der Waals surface area contributed by atoms with Gasteiger partial charge in [0, 0.05) is 12.8 Å². The van der Waals surface area contributed by atoms with Gasteiger partial charge < -0.3 is 20.3 Å². The van der Waals surface area contributed by atoms with Crippen molar-refractivity contribution in [3.05, 3.63) is 24.3 Å². The summed E-state index contributed by atoms with van der Waals surface area (Å²) in [4.78, 5) is 24.4. The molecule has 0 fully saturated rings. The van der Waals surface area contributed by atoms with Crippen LogP contribution in [0.5, 0.6) is 0 Å². The molecule has 6 heteroatoms. The van der Waals surface area contributed by atoms with Gasteiger partial charge in [0.2, 0.25) is 5.91 Å². The van der Waals surface area contributed by atoms with Crippen LogP contribution in [0.15, 0.2) is 24.3 Å². The molecule has 420 valence electrons. The van der Waals surface area contributed by atoms with E-state index in [0.29, 0.717) is 25.9 Å². The summed E-state index contributed by atoms with van der Waals surface area (Å²) in [5, 5.41) is 23.2. The largest absolute Gasteiger partial charge is 0.466 e. The smallest absolute Gasteiger partial charge is 0.305 e. The number of carbonyl (C=O) groups is 2. The van der Waals surface area contributed by atoms with Gasteiger partial charge in [-0.1, -0.05) is 295 Å². The molecule has 2 unspecified atom stereocenters. The Morgan fingerprint density at radius 3 is 1.04 bits per heavy atom. The number of carbonyl (C=O) groups excluding carboxylic acids is 2. The van der Waals surface area contributed by atoms with Gasteiger partial charge in [-0.05, 0) is 70.6 Å². The number of hydrogen-bond donors (Lipinski definition) is 3. The monoisotopic (exact) mass is 1000 g/mol. The zero-order valence-electron chi connectivity index (χ0n) is 48.0. The van der Waals surface area contributed by atoms with Crippen LogP contribution in [0, 0.1) is 0 Å². The molecule has 0 aliphatic carbocycles. The van der Waals surface area contributed by atoms with Crippen molar-refractivity contribution in [2.75, 3.05) is 13.2 Å². The first-order chi connectivity index (χ1) is 35.0. The number of hydrogen-bond acceptors (Lipinski definition) is 5. The summed E-state index contributed by atoms with van der Waals surface area (Å²) in [6.45, 7) is 4.92. The fraction of sp³-hybridized carbons (Fsp3) is 0.908. The molecule has 0 aliphatic heterocycles. The van der Waals surface area contributed by atoms with E-state index in [2.05, 4.69) is 43.5 Å². The Labute approximate surface area is 443 Å². The minimum absolute atomic E-state index is 0.00719. The third-order valence-electron chi connectivity index (χ3n) is 15.0. The van der Waals surface area contributed by atoms with Crippen LogP contribution in [0.1, 0.15) is 354 Å². The summed E-state index contributed by atoms with van der Waals surface area (Å²) < 4.78 is 5.46. The molecule has 0 aromatic carbocycles. The second-order valence-corrected chi connectivity index (χ2v) is 22.1. The van der Waals surface area contributed by atoms with E-state index in [1.54, 1.807) is 0 Å². The Morgan fingerprint density at radius 1 is 0.380 bits per heavy atom. The van der Waals surface area contributed by atoms with E-state index in [-0.39, 0.29) is 18.5 Å². The lowest BCUT2D eigenvalue weighted by Crippen LogP contribution is -2.45. The van der Waals surface area contributed by atoms with Crippen LogP contribution in [0.2, 0.25) is 0 Å². The quantitative estimate of drug-likeness (QED) is 0.0320. The summed E-state index contributed by atoms with van der Waals surface area (Å²) in [5.74, 6) is -0.0248. The van der Waals surface area contributed by atoms with E-state index < -0.39 is 12.1 Å². The second-order valence-electron chi connectivity index (χ2n) is 22.1. The van der Waals surface area contributed by atoms with Crippen molar-refractivity contribution in [2.24, 2.45) is 0 Å². The Kier molecular flexibility index (Phi) is 59.5. The van der Waals surface area contributed by atoms with E-state index in [0.717, 1.165) is 44.9 Å². The Hall–Kier alpha value is -1.66. The molecule has 71 heavy (non-hydrogen) atoms. The number of esters is 1. The SMILES string of the molecule is CCCC/C=C\CCCCCCCC(=O)OCCCCCCCCCCCCCC/C=C\CCCCCCCCCCCCCCCCCCC(=O)NC(CO)C(O)CCCCCCCCCCCCC. The predicted octanol–water partition coefficient (Wildman–Crippen LogP) is 20.2. The van der Waals surface area contributed by atoms with Crippen molar-refractivity contribution >= 4 is 11.9 Å². The summed E-state index contributed by atoms with van der Waals surface area (Å²) in [6.07, 6.45) is 75.0. The first-order valence-corrected chi connectivity index (χ1v) is 32.1. The highest BCUT2D eigenvalue weighted by Crippen LogP contribution is 2.18. The molecule has 0 saturated carbocycles. The van der Waals surface area contributed by atoms with Gasteiger partial charge in [0.15, 0.2) is 0 Å². The van der Waals surface area contributed by atoms with Crippen LogP contribution in [0.25, 0.3) is 0 Å². The van der Waals surface area contributed by atoms with E-state index >= 15 is 0 Å². The number of nitrogens with one attached hydrogen (secondary N) is 1. The number of ether oxygens (including phenoxy) is 1. The van der Waals surface area contributed by atoms with Crippen molar-refractivity contribution in [3.8, 4) is 0 Å². The average Bonchev–Trinajstić information content (AvgIpc) is 3.37. The lowest BCUT2D eigenvalue weighted by Gasteiger charge is -2.22. The first-order valence-electron chi connectivity index (χ1n) is 32.1. The normalized spacial score (nSPS) is 12.7. The van der Waals surface area contributed by atoms with Gasteiger partial charge in [-0.3, -0.25) is 9.59 Å². The van der Waals surface area contributed by atoms with Gasteiger partial charge in [0.25, 0.3) is 0 Å². The van der Waals surface area contributed by atoms with Crippen molar-refractivity contribution in [3.63, 3.8) is 0 Å². The molecule has 6 nitrogen and oxygen atoms in total. The van der Waals surface area contributed by atoms with Gasteiger partial charge in [-0.25, -0.2) is 0 Å². The molecule has 0 radical (unpaired) electrons. The third-order valence-corrected chi connectivity index (χ3v) is 15.0. The number of unbranched alkanes of at least 4 members (excludes halogenated alkanes) is 45. The molecule has 0 aromatic rings. The van der Waals surface area contributed by atoms with Gasteiger partial charge >= 0.3 is 5.97 Å². The van der Waals surface area contributed by atoms with Gasteiger partial charge in [0.05, 0.1) is 25.4 Å². The lowest BCUT2D eigenvalue weighted by molar-refractivity contribution is -0.143.